The third-order valence-corrected chi connectivity index (χ3v) is 6.03. The normalized spacial score (nSPS) is 12.9. The van der Waals surface area contributed by atoms with E-state index in [4.69, 9.17) is 0 Å². The zero-order valence-electron chi connectivity index (χ0n) is 21.5. The predicted octanol–water partition coefficient (Wildman–Crippen LogP) is 7.51. The molecule has 0 atom stereocenters. The van der Waals surface area contributed by atoms with Crippen LogP contribution in [0.4, 0.5) is 53.1 Å². The fourth-order valence-electron chi connectivity index (χ4n) is 4.15. The third kappa shape index (κ3) is 9.38. The maximum absolute atomic E-state index is 13.4. The third-order valence-electron chi connectivity index (χ3n) is 6.03. The van der Waals surface area contributed by atoms with Crippen molar-refractivity contribution in [3.63, 3.8) is 0 Å². The molecule has 2 N–H and O–H groups in total. The van der Waals surface area contributed by atoms with Crippen molar-refractivity contribution in [1.82, 2.24) is 10.6 Å². The van der Waals surface area contributed by atoms with Gasteiger partial charge in [-0.2, -0.15) is 22.0 Å². The molecule has 0 saturated carbocycles. The number of carbonyl (C=O) groups excluding carboxylic acids is 1. The summed E-state index contributed by atoms with van der Waals surface area (Å²) >= 11 is 0. The first-order valence-corrected chi connectivity index (χ1v) is 12.0. The fourth-order valence-corrected chi connectivity index (χ4v) is 4.15. The largest absolute Gasteiger partial charge is 0.573 e. The Kier molecular flexibility index (Phi) is 9.71. The van der Waals surface area contributed by atoms with Crippen LogP contribution in [0.5, 0.6) is 11.5 Å². The molecule has 234 valence electrons. The van der Waals surface area contributed by atoms with Gasteiger partial charge in [0.25, 0.3) is 0 Å². The zero-order chi connectivity index (χ0) is 32.1. The van der Waals surface area contributed by atoms with Crippen molar-refractivity contribution < 1.29 is 62.6 Å². The summed E-state index contributed by atoms with van der Waals surface area (Å²) in [6.07, 6.45) is -16.5. The van der Waals surface area contributed by atoms with Gasteiger partial charge in [-0.3, -0.25) is 0 Å². The van der Waals surface area contributed by atoms with Gasteiger partial charge in [0, 0.05) is 12.0 Å². The number of hydrogen-bond acceptors (Lipinski definition) is 3. The molecule has 0 aliphatic rings. The summed E-state index contributed by atoms with van der Waals surface area (Å²) in [7, 11) is 0. The van der Waals surface area contributed by atoms with Crippen LogP contribution in [0.15, 0.2) is 78.9 Å². The lowest BCUT2D eigenvalue weighted by molar-refractivity contribution is -0.278. The first-order chi connectivity index (χ1) is 19.8. The molecule has 2 amide bonds. The Morgan fingerprint density at radius 2 is 1.07 bits per heavy atom. The van der Waals surface area contributed by atoms with Crippen molar-refractivity contribution in [1.29, 1.82) is 0 Å². The van der Waals surface area contributed by atoms with E-state index in [1.165, 1.54) is 17.4 Å². The molecule has 0 spiro atoms. The molecule has 0 saturated heterocycles. The average Bonchev–Trinajstić information content (AvgIpc) is 2.88. The van der Waals surface area contributed by atoms with Crippen molar-refractivity contribution in [2.24, 2.45) is 0 Å². The van der Waals surface area contributed by atoms with Crippen LogP contribution < -0.4 is 20.1 Å². The van der Waals surface area contributed by atoms with Crippen molar-refractivity contribution in [2.45, 2.75) is 36.7 Å². The van der Waals surface area contributed by atoms with Crippen LogP contribution in [0.25, 0.3) is 0 Å². The van der Waals surface area contributed by atoms with Gasteiger partial charge in [-0.15, -0.1) is 26.3 Å². The molecule has 0 aromatic heterocycles. The molecule has 3 aromatic rings. The lowest BCUT2D eigenvalue weighted by Gasteiger charge is -2.36. The van der Waals surface area contributed by atoms with Crippen LogP contribution in [0, 0.1) is 0 Å². The topological polar surface area (TPSA) is 59.6 Å². The molecule has 3 rings (SSSR count). The predicted molar refractivity (Wildman–Crippen MR) is 130 cm³/mol. The molecular weight excluding hydrogens is 609 g/mol. The van der Waals surface area contributed by atoms with E-state index in [0.29, 0.717) is 5.56 Å². The highest BCUT2D eigenvalue weighted by atomic mass is 19.4. The molecular formula is C27H21F11N2O3. The second-order valence-electron chi connectivity index (χ2n) is 9.13. The Bertz CT molecular complexity index is 1320. The summed E-state index contributed by atoms with van der Waals surface area (Å²) in [5, 5.41) is 3.51. The van der Waals surface area contributed by atoms with Crippen molar-refractivity contribution >= 4 is 6.03 Å². The number of nitrogens with one attached hydrogen (secondary N) is 2. The van der Waals surface area contributed by atoms with Crippen molar-refractivity contribution in [3.8, 4) is 11.5 Å². The van der Waals surface area contributed by atoms with Gasteiger partial charge in [0.1, 0.15) is 11.5 Å². The highest BCUT2D eigenvalue weighted by Crippen LogP contribution is 2.40. The number of amides is 2. The molecule has 0 aliphatic carbocycles. The zero-order valence-corrected chi connectivity index (χ0v) is 21.5. The van der Waals surface area contributed by atoms with E-state index in [2.05, 4.69) is 14.8 Å². The van der Waals surface area contributed by atoms with Gasteiger partial charge in [0.15, 0.2) is 0 Å². The standard InChI is InChI=1S/C27H21F11N2O3/c28-24(29,25(30,31)32)16-40-22(41)39-15-23(14-17-6-2-1-3-7-17,18-8-4-10-20(12-18)42-26(33,34)35)19-9-5-11-21(13-19)43-27(36,37)38/h1-13H,14-16H2,(H2,39,40,41). The number of ether oxygens (including phenoxy) is 2. The van der Waals surface area contributed by atoms with Crippen LogP contribution in [0.2, 0.25) is 0 Å². The average molecular weight is 630 g/mol. The number of carbonyl (C=O) groups is 1. The quantitative estimate of drug-likeness (QED) is 0.228. The van der Waals surface area contributed by atoms with Gasteiger partial charge in [-0.25, -0.2) is 4.79 Å². The molecule has 0 bridgehead atoms. The van der Waals surface area contributed by atoms with Crippen LogP contribution in [-0.4, -0.2) is 43.9 Å². The van der Waals surface area contributed by atoms with E-state index in [0.717, 1.165) is 36.4 Å². The molecule has 0 unspecified atom stereocenters. The number of benzene rings is 3. The summed E-state index contributed by atoms with van der Waals surface area (Å²) in [5.41, 5.74) is -1.41. The highest BCUT2D eigenvalue weighted by Gasteiger charge is 2.57. The van der Waals surface area contributed by atoms with Crippen molar-refractivity contribution in [2.75, 3.05) is 13.1 Å². The van der Waals surface area contributed by atoms with E-state index in [1.807, 2.05) is 0 Å². The van der Waals surface area contributed by atoms with E-state index in [1.54, 1.807) is 30.3 Å². The van der Waals surface area contributed by atoms with Gasteiger partial charge in [0.2, 0.25) is 0 Å². The fraction of sp³-hybridized carbons (Fsp3) is 0.296. The Hall–Kier alpha value is -4.24. The van der Waals surface area contributed by atoms with Gasteiger partial charge >= 0.3 is 30.9 Å². The molecule has 0 radical (unpaired) electrons. The van der Waals surface area contributed by atoms with Crippen LogP contribution in [0.3, 0.4) is 0 Å². The smallest absolute Gasteiger partial charge is 0.406 e. The van der Waals surface area contributed by atoms with E-state index in [9.17, 15) is 53.1 Å². The first-order valence-electron chi connectivity index (χ1n) is 12.0. The molecule has 0 aliphatic heterocycles. The van der Waals surface area contributed by atoms with E-state index < -0.39 is 60.9 Å². The molecule has 5 nitrogen and oxygen atoms in total. The number of halogens is 11. The number of rotatable bonds is 10. The minimum Gasteiger partial charge on any atom is -0.406 e. The summed E-state index contributed by atoms with van der Waals surface area (Å²) < 4.78 is 150. The number of alkyl halides is 11. The summed E-state index contributed by atoms with van der Waals surface area (Å²) in [5.74, 6) is -6.77. The monoisotopic (exact) mass is 630 g/mol. The number of hydrogen-bond donors (Lipinski definition) is 2. The van der Waals surface area contributed by atoms with Gasteiger partial charge < -0.3 is 20.1 Å². The van der Waals surface area contributed by atoms with E-state index >= 15 is 0 Å². The highest BCUT2D eigenvalue weighted by molar-refractivity contribution is 5.74. The van der Waals surface area contributed by atoms with Gasteiger partial charge in [-0.05, 0) is 47.4 Å². The molecule has 16 heteroatoms. The first kappa shape index (κ1) is 33.3. The molecule has 3 aromatic carbocycles. The second kappa shape index (κ2) is 12.6. The number of urea groups is 1. The van der Waals surface area contributed by atoms with Crippen LogP contribution >= 0.6 is 0 Å². The maximum atomic E-state index is 13.4. The van der Waals surface area contributed by atoms with Gasteiger partial charge in [-0.1, -0.05) is 54.6 Å². The molecule has 0 fully saturated rings. The lowest BCUT2D eigenvalue weighted by Crippen LogP contribution is -2.51. The minimum atomic E-state index is -5.98. The minimum absolute atomic E-state index is 0.0526. The lowest BCUT2D eigenvalue weighted by atomic mass is 9.70. The van der Waals surface area contributed by atoms with Crippen molar-refractivity contribution in [3.05, 3.63) is 95.6 Å². The maximum Gasteiger partial charge on any atom is 0.573 e. The Labute approximate surface area is 236 Å². The van der Waals surface area contributed by atoms with Crippen LogP contribution in [-0.2, 0) is 11.8 Å². The Morgan fingerprint density at radius 3 is 1.51 bits per heavy atom. The van der Waals surface area contributed by atoms with E-state index in [-0.39, 0.29) is 17.5 Å². The molecule has 43 heavy (non-hydrogen) atoms. The molecule has 0 heterocycles. The van der Waals surface area contributed by atoms with Crippen LogP contribution in [0.1, 0.15) is 16.7 Å². The Morgan fingerprint density at radius 1 is 0.605 bits per heavy atom. The van der Waals surface area contributed by atoms with Gasteiger partial charge in [0.05, 0.1) is 6.54 Å². The summed E-state index contributed by atoms with van der Waals surface area (Å²) in [6, 6.07) is 14.9. The Balaban J connectivity index is 2.13. The summed E-state index contributed by atoms with van der Waals surface area (Å²) in [4.78, 5) is 12.4. The SMILES string of the molecule is O=C(NCC(Cc1ccccc1)(c1cccc(OC(F)(F)F)c1)c1cccc(OC(F)(F)F)c1)NCC(F)(F)C(F)(F)F. The summed E-state index contributed by atoms with van der Waals surface area (Å²) in [6.45, 7) is -2.85. The second-order valence-corrected chi connectivity index (χ2v) is 9.13.